The van der Waals surface area contributed by atoms with Crippen LogP contribution in [0.3, 0.4) is 0 Å². The lowest BCUT2D eigenvalue weighted by Gasteiger charge is -2.22. The van der Waals surface area contributed by atoms with E-state index in [-0.39, 0.29) is 18.9 Å². The SMILES string of the molecule is COc1cccc(N(CCCC(=O)Nc2ccc(Br)c(Cl)c2)S(C)(=O)=O)c1. The highest BCUT2D eigenvalue weighted by Crippen LogP contribution is 2.26. The molecule has 0 radical (unpaired) electrons. The maximum Gasteiger partial charge on any atom is 0.232 e. The Hall–Kier alpha value is -1.77. The molecule has 2 aromatic rings. The Balaban J connectivity index is 1.98. The molecule has 0 bridgehead atoms. The Morgan fingerprint density at radius 2 is 2.00 bits per heavy atom. The Kier molecular flexibility index (Phi) is 7.52. The fourth-order valence-electron chi connectivity index (χ4n) is 2.43. The zero-order chi connectivity index (χ0) is 20.0. The minimum Gasteiger partial charge on any atom is -0.497 e. The number of benzene rings is 2. The van der Waals surface area contributed by atoms with Gasteiger partial charge in [0.25, 0.3) is 0 Å². The van der Waals surface area contributed by atoms with Crippen LogP contribution >= 0.6 is 27.5 Å². The van der Waals surface area contributed by atoms with Crippen LogP contribution in [0, 0.1) is 0 Å². The van der Waals surface area contributed by atoms with Gasteiger partial charge < -0.3 is 10.1 Å². The molecule has 0 aromatic heterocycles. The topological polar surface area (TPSA) is 75.7 Å². The molecule has 0 saturated carbocycles. The molecule has 0 atom stereocenters. The van der Waals surface area contributed by atoms with Gasteiger partial charge in [0.15, 0.2) is 0 Å². The quantitative estimate of drug-likeness (QED) is 0.618. The zero-order valence-corrected chi connectivity index (χ0v) is 18.1. The number of anilines is 2. The maximum absolute atomic E-state index is 12.1. The summed E-state index contributed by atoms with van der Waals surface area (Å²) in [5, 5.41) is 3.24. The molecule has 0 unspecified atom stereocenters. The number of hydrogen-bond acceptors (Lipinski definition) is 4. The number of ether oxygens (including phenoxy) is 1. The molecule has 0 aliphatic heterocycles. The highest BCUT2D eigenvalue weighted by Gasteiger charge is 2.18. The third-order valence-electron chi connectivity index (χ3n) is 3.71. The smallest absolute Gasteiger partial charge is 0.232 e. The van der Waals surface area contributed by atoms with E-state index in [1.165, 1.54) is 11.4 Å². The van der Waals surface area contributed by atoms with Crippen LogP contribution in [-0.4, -0.2) is 34.2 Å². The van der Waals surface area contributed by atoms with E-state index < -0.39 is 10.0 Å². The predicted molar refractivity (Wildman–Crippen MR) is 112 cm³/mol. The molecule has 0 fully saturated rings. The Morgan fingerprint density at radius 3 is 2.63 bits per heavy atom. The summed E-state index contributed by atoms with van der Waals surface area (Å²) in [5.74, 6) is 0.346. The first-order chi connectivity index (χ1) is 12.7. The Bertz CT molecular complexity index is 921. The van der Waals surface area contributed by atoms with Gasteiger partial charge in [0.05, 0.1) is 24.1 Å². The van der Waals surface area contributed by atoms with Crippen molar-refractivity contribution in [2.75, 3.05) is 29.5 Å². The average Bonchev–Trinajstić information content (AvgIpc) is 2.61. The first-order valence-corrected chi connectivity index (χ1v) is 11.1. The zero-order valence-electron chi connectivity index (χ0n) is 14.9. The molecule has 9 heteroatoms. The van der Waals surface area contributed by atoms with Crippen LogP contribution in [0.2, 0.25) is 5.02 Å². The molecule has 27 heavy (non-hydrogen) atoms. The Labute approximate surface area is 172 Å². The molecule has 146 valence electrons. The molecule has 0 spiro atoms. The van der Waals surface area contributed by atoms with Crippen molar-refractivity contribution in [1.82, 2.24) is 0 Å². The molecule has 1 amide bonds. The van der Waals surface area contributed by atoms with Crippen molar-refractivity contribution in [2.24, 2.45) is 0 Å². The second-order valence-electron chi connectivity index (χ2n) is 5.82. The summed E-state index contributed by atoms with van der Waals surface area (Å²) in [6, 6.07) is 11.9. The van der Waals surface area contributed by atoms with Gasteiger partial charge in [-0.3, -0.25) is 9.10 Å². The molecule has 0 aliphatic rings. The van der Waals surface area contributed by atoms with Crippen LogP contribution in [0.4, 0.5) is 11.4 Å². The molecule has 1 N–H and O–H groups in total. The average molecular weight is 476 g/mol. The second-order valence-corrected chi connectivity index (χ2v) is 8.99. The summed E-state index contributed by atoms with van der Waals surface area (Å²) in [6.07, 6.45) is 1.67. The highest BCUT2D eigenvalue weighted by atomic mass is 79.9. The number of hydrogen-bond donors (Lipinski definition) is 1. The van der Waals surface area contributed by atoms with E-state index in [4.69, 9.17) is 16.3 Å². The van der Waals surface area contributed by atoms with Crippen LogP contribution in [0.1, 0.15) is 12.8 Å². The molecule has 0 heterocycles. The van der Waals surface area contributed by atoms with Gasteiger partial charge >= 0.3 is 0 Å². The van der Waals surface area contributed by atoms with E-state index in [9.17, 15) is 13.2 Å². The van der Waals surface area contributed by atoms with Gasteiger partial charge in [0.1, 0.15) is 5.75 Å². The van der Waals surface area contributed by atoms with E-state index in [1.54, 1.807) is 42.5 Å². The number of carbonyl (C=O) groups is 1. The second kappa shape index (κ2) is 9.43. The van der Waals surface area contributed by atoms with Crippen LogP contribution < -0.4 is 14.4 Å². The van der Waals surface area contributed by atoms with Crippen molar-refractivity contribution in [3.05, 3.63) is 52.0 Å². The fraction of sp³-hybridized carbons (Fsp3) is 0.278. The molecular weight excluding hydrogens is 456 g/mol. The highest BCUT2D eigenvalue weighted by molar-refractivity contribution is 9.10. The number of nitrogens with zero attached hydrogens (tertiary/aromatic N) is 1. The van der Waals surface area contributed by atoms with E-state index in [0.717, 1.165) is 10.7 Å². The van der Waals surface area contributed by atoms with Crippen molar-refractivity contribution in [1.29, 1.82) is 0 Å². The van der Waals surface area contributed by atoms with E-state index >= 15 is 0 Å². The van der Waals surface area contributed by atoms with Crippen molar-refractivity contribution >= 4 is 54.8 Å². The lowest BCUT2D eigenvalue weighted by molar-refractivity contribution is -0.116. The van der Waals surface area contributed by atoms with Crippen LogP contribution in [0.25, 0.3) is 0 Å². The minimum atomic E-state index is -3.49. The summed E-state index contributed by atoms with van der Waals surface area (Å²) in [5.41, 5.74) is 1.08. The molecular formula is C18H20BrClN2O4S. The molecule has 6 nitrogen and oxygen atoms in total. The van der Waals surface area contributed by atoms with Gasteiger partial charge in [-0.25, -0.2) is 8.42 Å². The fourth-order valence-corrected chi connectivity index (χ4v) is 3.82. The monoisotopic (exact) mass is 474 g/mol. The number of amides is 1. The van der Waals surface area contributed by atoms with Gasteiger partial charge in [-0.15, -0.1) is 0 Å². The number of nitrogens with one attached hydrogen (secondary N) is 1. The Morgan fingerprint density at radius 1 is 1.26 bits per heavy atom. The maximum atomic E-state index is 12.1. The molecule has 2 rings (SSSR count). The number of halogens is 2. The van der Waals surface area contributed by atoms with Crippen molar-refractivity contribution in [3.8, 4) is 5.75 Å². The van der Waals surface area contributed by atoms with Crippen molar-refractivity contribution in [2.45, 2.75) is 12.8 Å². The summed E-state index contributed by atoms with van der Waals surface area (Å²) >= 11 is 9.29. The standard InChI is InChI=1S/C18H20BrClN2O4S/c1-26-15-6-3-5-14(12-15)22(27(2,24)25)10-4-7-18(23)21-13-8-9-16(19)17(20)11-13/h3,5-6,8-9,11-12H,4,7,10H2,1-2H3,(H,21,23). The van der Waals surface area contributed by atoms with E-state index in [2.05, 4.69) is 21.2 Å². The normalized spacial score (nSPS) is 11.1. The van der Waals surface area contributed by atoms with Crippen molar-refractivity contribution < 1.29 is 17.9 Å². The predicted octanol–water partition coefficient (Wildman–Crippen LogP) is 4.30. The van der Waals surface area contributed by atoms with Gasteiger partial charge in [0, 0.05) is 29.2 Å². The minimum absolute atomic E-state index is 0.170. The molecule has 0 aliphatic carbocycles. The summed E-state index contributed by atoms with van der Waals surface area (Å²) in [7, 11) is -1.97. The van der Waals surface area contributed by atoms with Crippen LogP contribution in [0.5, 0.6) is 5.75 Å². The summed E-state index contributed by atoms with van der Waals surface area (Å²) < 4.78 is 31.4. The largest absolute Gasteiger partial charge is 0.497 e. The number of sulfonamides is 1. The van der Waals surface area contributed by atoms with Gasteiger partial charge in [-0.05, 0) is 52.7 Å². The van der Waals surface area contributed by atoms with E-state index in [1.807, 2.05) is 0 Å². The molecule has 0 saturated heterocycles. The lowest BCUT2D eigenvalue weighted by Crippen LogP contribution is -2.31. The first-order valence-electron chi connectivity index (χ1n) is 8.07. The van der Waals surface area contributed by atoms with Crippen LogP contribution in [0.15, 0.2) is 46.9 Å². The van der Waals surface area contributed by atoms with Crippen LogP contribution in [-0.2, 0) is 14.8 Å². The summed E-state index contributed by atoms with van der Waals surface area (Å²) in [6.45, 7) is 0.181. The van der Waals surface area contributed by atoms with Gasteiger partial charge in [-0.1, -0.05) is 17.7 Å². The number of methoxy groups -OCH3 is 1. The summed E-state index contributed by atoms with van der Waals surface area (Å²) in [4.78, 5) is 12.1. The number of carbonyl (C=O) groups excluding carboxylic acids is 1. The number of rotatable bonds is 8. The van der Waals surface area contributed by atoms with Gasteiger partial charge in [-0.2, -0.15) is 0 Å². The van der Waals surface area contributed by atoms with Gasteiger partial charge in [0.2, 0.25) is 15.9 Å². The van der Waals surface area contributed by atoms with E-state index in [0.29, 0.717) is 28.6 Å². The molecule has 2 aromatic carbocycles. The third-order valence-corrected chi connectivity index (χ3v) is 6.14. The first kappa shape index (κ1) is 21.5. The lowest BCUT2D eigenvalue weighted by atomic mass is 10.2. The third kappa shape index (κ3) is 6.41. The van der Waals surface area contributed by atoms with Crippen molar-refractivity contribution in [3.63, 3.8) is 0 Å².